The molecule has 1 aromatic heterocycles. The summed E-state index contributed by atoms with van der Waals surface area (Å²) in [6.45, 7) is 2.88. The summed E-state index contributed by atoms with van der Waals surface area (Å²) in [7, 11) is 0. The summed E-state index contributed by atoms with van der Waals surface area (Å²) >= 11 is 0. The molecule has 0 unspecified atom stereocenters. The van der Waals surface area contributed by atoms with Crippen LogP contribution in [0.1, 0.15) is 29.8 Å². The lowest BCUT2D eigenvalue weighted by molar-refractivity contribution is -0.152. The second-order valence-electron chi connectivity index (χ2n) is 5.17. The zero-order valence-corrected chi connectivity index (χ0v) is 12.6. The van der Waals surface area contributed by atoms with Crippen molar-refractivity contribution in [3.63, 3.8) is 0 Å². The van der Waals surface area contributed by atoms with Crippen molar-refractivity contribution < 1.29 is 19.1 Å². The molecule has 1 aromatic carbocycles. The summed E-state index contributed by atoms with van der Waals surface area (Å²) in [5.74, 6) is -1.13. The Balaban J connectivity index is 2.04. The zero-order chi connectivity index (χ0) is 16.9. The van der Waals surface area contributed by atoms with E-state index in [4.69, 9.17) is 14.7 Å². The van der Waals surface area contributed by atoms with E-state index in [1.807, 2.05) is 6.07 Å². The molecule has 0 amide bonds. The van der Waals surface area contributed by atoms with Gasteiger partial charge in [0.05, 0.1) is 17.2 Å². The number of carbonyl (C=O) groups is 2. The predicted octanol–water partition coefficient (Wildman–Crippen LogP) is 2.49. The van der Waals surface area contributed by atoms with Gasteiger partial charge in [-0.15, -0.1) is 0 Å². The largest absolute Gasteiger partial charge is 0.444 e. The van der Waals surface area contributed by atoms with Crippen molar-refractivity contribution in [3.8, 4) is 11.8 Å². The Morgan fingerprint density at radius 3 is 2.43 bits per heavy atom. The molecule has 0 bridgehead atoms. The molecule has 0 fully saturated rings. The first-order valence-electron chi connectivity index (χ1n) is 6.78. The number of ether oxygens (including phenoxy) is 2. The van der Waals surface area contributed by atoms with Crippen molar-refractivity contribution in [2.24, 2.45) is 0 Å². The number of benzene rings is 1. The molecule has 2 rings (SSSR count). The van der Waals surface area contributed by atoms with Gasteiger partial charge in [0, 0.05) is 12.4 Å². The molecule has 0 atom stereocenters. The van der Waals surface area contributed by atoms with Crippen LogP contribution in [-0.2, 0) is 9.53 Å². The number of hydrogen-bond acceptors (Lipinski definition) is 6. The van der Waals surface area contributed by atoms with E-state index in [9.17, 15) is 9.59 Å². The van der Waals surface area contributed by atoms with Crippen molar-refractivity contribution in [1.82, 2.24) is 4.98 Å². The number of rotatable bonds is 4. The summed E-state index contributed by atoms with van der Waals surface area (Å²) in [6.07, 6.45) is 2.88. The fourth-order valence-corrected chi connectivity index (χ4v) is 1.64. The van der Waals surface area contributed by atoms with Crippen molar-refractivity contribution >= 4 is 11.9 Å². The van der Waals surface area contributed by atoms with Gasteiger partial charge in [0.2, 0.25) is 5.60 Å². The lowest BCUT2D eigenvalue weighted by Gasteiger charge is -2.22. The molecule has 0 saturated heterocycles. The Morgan fingerprint density at radius 1 is 1.17 bits per heavy atom. The molecule has 6 nitrogen and oxygen atoms in total. The maximum atomic E-state index is 12.2. The highest BCUT2D eigenvalue weighted by atomic mass is 16.6. The van der Waals surface area contributed by atoms with Crippen LogP contribution < -0.4 is 4.74 Å². The minimum Gasteiger partial charge on any atom is -0.444 e. The first kappa shape index (κ1) is 16.2. The van der Waals surface area contributed by atoms with Crippen molar-refractivity contribution in [3.05, 3.63) is 59.9 Å². The van der Waals surface area contributed by atoms with Gasteiger partial charge in [-0.1, -0.05) is 0 Å². The summed E-state index contributed by atoms with van der Waals surface area (Å²) in [6, 6.07) is 11.1. The van der Waals surface area contributed by atoms with Crippen LogP contribution in [0.4, 0.5) is 0 Å². The lowest BCUT2D eigenvalue weighted by atomic mass is 10.1. The van der Waals surface area contributed by atoms with Crippen LogP contribution in [0, 0.1) is 11.3 Å². The maximum absolute atomic E-state index is 12.2. The van der Waals surface area contributed by atoms with Crippen LogP contribution in [0.3, 0.4) is 0 Å². The minimum absolute atomic E-state index is 0.242. The molecule has 23 heavy (non-hydrogen) atoms. The molecule has 0 aliphatic heterocycles. The first-order valence-corrected chi connectivity index (χ1v) is 6.78. The van der Waals surface area contributed by atoms with E-state index in [2.05, 4.69) is 4.98 Å². The van der Waals surface area contributed by atoms with Gasteiger partial charge < -0.3 is 9.47 Å². The van der Waals surface area contributed by atoms with Gasteiger partial charge in [0.25, 0.3) is 0 Å². The molecule has 2 aromatic rings. The fraction of sp³-hybridized carbons (Fsp3) is 0.176. The maximum Gasteiger partial charge on any atom is 0.355 e. The standard InChI is InChI=1S/C17H14N2O4/c1-17(2,23-15(20)13-4-3-9-19-11-13)16(21)22-14-7-5-12(10-18)6-8-14/h3-9,11H,1-2H3. The van der Waals surface area contributed by atoms with Gasteiger partial charge in [-0.3, -0.25) is 4.98 Å². The summed E-state index contributed by atoms with van der Waals surface area (Å²) in [5, 5.41) is 8.73. The van der Waals surface area contributed by atoms with E-state index in [1.54, 1.807) is 6.07 Å². The first-order chi connectivity index (χ1) is 10.9. The number of aromatic nitrogens is 1. The Bertz CT molecular complexity index is 746. The summed E-state index contributed by atoms with van der Waals surface area (Å²) in [4.78, 5) is 28.0. The van der Waals surface area contributed by atoms with Crippen molar-refractivity contribution in [2.45, 2.75) is 19.4 Å². The SMILES string of the molecule is CC(C)(OC(=O)c1cccnc1)C(=O)Oc1ccc(C#N)cc1. The van der Waals surface area contributed by atoms with E-state index >= 15 is 0 Å². The predicted molar refractivity (Wildman–Crippen MR) is 80.5 cm³/mol. The second kappa shape index (κ2) is 6.71. The highest BCUT2D eigenvalue weighted by Gasteiger charge is 2.34. The van der Waals surface area contributed by atoms with Crippen LogP contribution in [-0.4, -0.2) is 22.5 Å². The number of hydrogen-bond donors (Lipinski definition) is 0. The average molecular weight is 310 g/mol. The molecule has 6 heteroatoms. The van der Waals surface area contributed by atoms with Gasteiger partial charge in [-0.2, -0.15) is 5.26 Å². The van der Waals surface area contributed by atoms with Crippen LogP contribution in [0.25, 0.3) is 0 Å². The minimum atomic E-state index is -1.47. The third-order valence-electron chi connectivity index (χ3n) is 2.93. The van der Waals surface area contributed by atoms with Crippen LogP contribution in [0.15, 0.2) is 48.8 Å². The Labute approximate surface area is 133 Å². The van der Waals surface area contributed by atoms with Gasteiger partial charge in [0.1, 0.15) is 5.75 Å². The molecule has 0 N–H and O–H groups in total. The molecule has 0 radical (unpaired) electrons. The van der Waals surface area contributed by atoms with Crippen LogP contribution in [0.2, 0.25) is 0 Å². The molecule has 116 valence electrons. The van der Waals surface area contributed by atoms with E-state index in [0.717, 1.165) is 0 Å². The molecule has 0 aliphatic carbocycles. The Kier molecular flexibility index (Phi) is 4.72. The van der Waals surface area contributed by atoms with Crippen molar-refractivity contribution in [2.75, 3.05) is 0 Å². The third-order valence-corrected chi connectivity index (χ3v) is 2.93. The van der Waals surface area contributed by atoms with Gasteiger partial charge in [-0.05, 0) is 50.2 Å². The Hall–Kier alpha value is -3.20. The van der Waals surface area contributed by atoms with Crippen LogP contribution in [0.5, 0.6) is 5.75 Å². The zero-order valence-electron chi connectivity index (χ0n) is 12.6. The third kappa shape index (κ3) is 4.14. The van der Waals surface area contributed by atoms with E-state index < -0.39 is 17.5 Å². The fourth-order valence-electron chi connectivity index (χ4n) is 1.64. The normalized spacial score (nSPS) is 10.5. The molecule has 1 heterocycles. The smallest absolute Gasteiger partial charge is 0.355 e. The average Bonchev–Trinajstić information content (AvgIpc) is 2.56. The number of nitrogens with zero attached hydrogens (tertiary/aromatic N) is 2. The lowest BCUT2D eigenvalue weighted by Crippen LogP contribution is -2.40. The van der Waals surface area contributed by atoms with Crippen LogP contribution >= 0.6 is 0 Å². The van der Waals surface area contributed by atoms with Crippen molar-refractivity contribution in [1.29, 1.82) is 5.26 Å². The number of pyridine rings is 1. The molecule has 0 spiro atoms. The van der Waals surface area contributed by atoms with E-state index in [1.165, 1.54) is 56.6 Å². The molecular weight excluding hydrogens is 296 g/mol. The summed E-state index contributed by atoms with van der Waals surface area (Å²) in [5.41, 5.74) is -0.778. The van der Waals surface area contributed by atoms with Gasteiger partial charge in [-0.25, -0.2) is 9.59 Å². The van der Waals surface area contributed by atoms with Gasteiger partial charge >= 0.3 is 11.9 Å². The van der Waals surface area contributed by atoms with E-state index in [-0.39, 0.29) is 11.3 Å². The molecule has 0 aliphatic rings. The molecule has 0 saturated carbocycles. The summed E-state index contributed by atoms with van der Waals surface area (Å²) < 4.78 is 10.4. The molecular formula is C17H14N2O4. The number of nitriles is 1. The van der Waals surface area contributed by atoms with E-state index in [0.29, 0.717) is 5.56 Å². The Morgan fingerprint density at radius 2 is 1.87 bits per heavy atom. The van der Waals surface area contributed by atoms with Gasteiger partial charge in [0.15, 0.2) is 0 Å². The monoisotopic (exact) mass is 310 g/mol. The number of carbonyl (C=O) groups excluding carboxylic acids is 2. The highest BCUT2D eigenvalue weighted by molar-refractivity contribution is 5.92. The topological polar surface area (TPSA) is 89.3 Å². The highest BCUT2D eigenvalue weighted by Crippen LogP contribution is 2.19. The quantitative estimate of drug-likeness (QED) is 0.636. The second-order valence-corrected chi connectivity index (χ2v) is 5.17. The number of esters is 2.